The number of rotatable bonds is 5. The van der Waals surface area contributed by atoms with Crippen LogP contribution in [0.3, 0.4) is 0 Å². The summed E-state index contributed by atoms with van der Waals surface area (Å²) >= 11 is 0. The number of ether oxygens (including phenoxy) is 2. The molecule has 29 heavy (non-hydrogen) atoms. The number of methoxy groups -OCH3 is 1. The summed E-state index contributed by atoms with van der Waals surface area (Å²) in [5.41, 5.74) is -3.74. The number of ketones is 1. The lowest BCUT2D eigenvalue weighted by atomic mass is 9.72. The van der Waals surface area contributed by atoms with Crippen LogP contribution in [0, 0.1) is 11.3 Å². The van der Waals surface area contributed by atoms with Crippen LogP contribution < -0.4 is 0 Å². The molecular formula is C22H27F3O4. The summed E-state index contributed by atoms with van der Waals surface area (Å²) in [6.45, 7) is -0.125. The van der Waals surface area contributed by atoms with Crippen LogP contribution in [-0.2, 0) is 24.7 Å². The van der Waals surface area contributed by atoms with E-state index in [1.54, 1.807) is 6.07 Å². The van der Waals surface area contributed by atoms with Crippen LogP contribution >= 0.6 is 0 Å². The maximum absolute atomic E-state index is 14.0. The van der Waals surface area contributed by atoms with Crippen LogP contribution in [0.25, 0.3) is 0 Å². The Kier molecular flexibility index (Phi) is 6.36. The van der Waals surface area contributed by atoms with Crippen molar-refractivity contribution in [3.63, 3.8) is 0 Å². The molecule has 4 nitrogen and oxygen atoms in total. The second-order valence-corrected chi connectivity index (χ2v) is 8.22. The molecule has 3 rings (SSSR count). The lowest BCUT2D eigenvalue weighted by molar-refractivity contribution is -0.277. The smallest absolute Gasteiger partial charge is 0.432 e. The van der Waals surface area contributed by atoms with Crippen LogP contribution in [0.4, 0.5) is 13.2 Å². The number of hydrogen-bond acceptors (Lipinski definition) is 4. The van der Waals surface area contributed by atoms with Gasteiger partial charge in [0.1, 0.15) is 5.78 Å². The van der Waals surface area contributed by atoms with E-state index < -0.39 is 17.7 Å². The third-order valence-corrected chi connectivity index (χ3v) is 6.61. The second kappa shape index (κ2) is 8.46. The SMILES string of the molecule is CO[C@@](C(=O)OC[C@H]1CCC[C@@]12CCCCC(=O)C2)(c1ccccc1)C(F)(F)F. The number of benzene rings is 1. The van der Waals surface area contributed by atoms with Gasteiger partial charge in [-0.25, -0.2) is 4.79 Å². The Balaban J connectivity index is 1.81. The third-order valence-electron chi connectivity index (χ3n) is 6.61. The van der Waals surface area contributed by atoms with Gasteiger partial charge in [-0.3, -0.25) is 4.79 Å². The molecule has 7 heteroatoms. The monoisotopic (exact) mass is 412 g/mol. The molecule has 0 saturated heterocycles. The summed E-state index contributed by atoms with van der Waals surface area (Å²) in [5.74, 6) is -1.36. The molecule has 0 aromatic heterocycles. The van der Waals surface area contributed by atoms with Gasteiger partial charge in [0, 0.05) is 25.5 Å². The minimum Gasteiger partial charge on any atom is -0.463 e. The Morgan fingerprint density at radius 2 is 1.83 bits per heavy atom. The highest BCUT2D eigenvalue weighted by molar-refractivity contribution is 5.82. The maximum atomic E-state index is 14.0. The van der Waals surface area contributed by atoms with Gasteiger partial charge in [-0.15, -0.1) is 0 Å². The first-order chi connectivity index (χ1) is 13.7. The van der Waals surface area contributed by atoms with Gasteiger partial charge in [-0.2, -0.15) is 13.2 Å². The van der Waals surface area contributed by atoms with E-state index in [0.29, 0.717) is 12.8 Å². The van der Waals surface area contributed by atoms with Gasteiger partial charge < -0.3 is 9.47 Å². The Bertz CT molecular complexity index is 733. The molecule has 1 aromatic rings. The summed E-state index contributed by atoms with van der Waals surface area (Å²) in [7, 11) is 0.864. The largest absolute Gasteiger partial charge is 0.463 e. The van der Waals surface area contributed by atoms with Crippen molar-refractivity contribution >= 4 is 11.8 Å². The highest BCUT2D eigenvalue weighted by atomic mass is 19.4. The molecule has 2 fully saturated rings. The molecule has 0 bridgehead atoms. The summed E-state index contributed by atoms with van der Waals surface area (Å²) in [4.78, 5) is 24.9. The Morgan fingerprint density at radius 3 is 2.48 bits per heavy atom. The minimum atomic E-state index is -4.98. The number of hydrogen-bond donors (Lipinski definition) is 0. The zero-order chi connectivity index (χ0) is 21.1. The average Bonchev–Trinajstić information content (AvgIpc) is 2.95. The van der Waals surface area contributed by atoms with Gasteiger partial charge in [0.15, 0.2) is 0 Å². The van der Waals surface area contributed by atoms with Crippen molar-refractivity contribution in [1.82, 2.24) is 0 Å². The molecule has 0 amide bonds. The zero-order valence-electron chi connectivity index (χ0n) is 16.6. The van der Waals surface area contributed by atoms with Crippen molar-refractivity contribution in [1.29, 1.82) is 0 Å². The first kappa shape index (κ1) is 21.8. The van der Waals surface area contributed by atoms with Gasteiger partial charge in [0.2, 0.25) is 0 Å². The molecule has 0 heterocycles. The topological polar surface area (TPSA) is 52.6 Å². The van der Waals surface area contributed by atoms with E-state index >= 15 is 0 Å². The maximum Gasteiger partial charge on any atom is 0.432 e. The van der Waals surface area contributed by atoms with Crippen LogP contribution in [0.5, 0.6) is 0 Å². The van der Waals surface area contributed by atoms with E-state index in [9.17, 15) is 22.8 Å². The number of halogens is 3. The quantitative estimate of drug-likeness (QED) is 0.642. The Hall–Kier alpha value is -1.89. The molecule has 0 radical (unpaired) electrons. The number of carbonyl (C=O) groups is 2. The van der Waals surface area contributed by atoms with Crippen molar-refractivity contribution in [2.24, 2.45) is 11.3 Å². The predicted molar refractivity (Wildman–Crippen MR) is 100 cm³/mol. The van der Waals surface area contributed by atoms with Gasteiger partial charge in [0.05, 0.1) is 6.61 Å². The van der Waals surface area contributed by atoms with E-state index in [1.165, 1.54) is 24.3 Å². The van der Waals surface area contributed by atoms with Gasteiger partial charge in [0.25, 0.3) is 5.60 Å². The van der Waals surface area contributed by atoms with Crippen molar-refractivity contribution < 1.29 is 32.2 Å². The second-order valence-electron chi connectivity index (χ2n) is 8.22. The number of carbonyl (C=O) groups excluding carboxylic acids is 2. The minimum absolute atomic E-state index is 0.105. The fourth-order valence-electron chi connectivity index (χ4n) is 5.07. The zero-order valence-corrected chi connectivity index (χ0v) is 16.6. The molecule has 1 aromatic carbocycles. The standard InChI is InChI=1S/C22H27F3O4/c1-28-21(22(23,24)25,16-8-3-2-4-9-16)19(27)29-15-17-10-7-13-20(17)12-6-5-11-18(26)14-20/h2-4,8-9,17H,5-7,10-15H2,1H3/t17-,20-,21-/m1/s1. The van der Waals surface area contributed by atoms with E-state index in [4.69, 9.17) is 9.47 Å². The molecule has 0 unspecified atom stereocenters. The third kappa shape index (κ3) is 4.06. The molecule has 0 N–H and O–H groups in total. The van der Waals surface area contributed by atoms with Crippen LogP contribution in [0.1, 0.15) is 56.9 Å². The summed E-state index contributed by atoms with van der Waals surface area (Å²) < 4.78 is 52.0. The van der Waals surface area contributed by atoms with Crippen LogP contribution in [-0.4, -0.2) is 31.6 Å². The molecule has 2 saturated carbocycles. The number of esters is 1. The van der Waals surface area contributed by atoms with E-state index in [1.807, 2.05) is 0 Å². The Labute approximate surface area is 168 Å². The lowest BCUT2D eigenvalue weighted by Crippen LogP contribution is -2.52. The van der Waals surface area contributed by atoms with Gasteiger partial charge >= 0.3 is 12.1 Å². The molecule has 0 aliphatic heterocycles. The first-order valence-corrected chi connectivity index (χ1v) is 10.1. The van der Waals surface area contributed by atoms with Crippen molar-refractivity contribution in [2.45, 2.75) is 63.1 Å². The van der Waals surface area contributed by atoms with E-state index in [2.05, 4.69) is 0 Å². The van der Waals surface area contributed by atoms with Gasteiger partial charge in [-0.05, 0) is 37.0 Å². The Morgan fingerprint density at radius 1 is 1.14 bits per heavy atom. The number of alkyl halides is 3. The van der Waals surface area contributed by atoms with Crippen LogP contribution in [0.2, 0.25) is 0 Å². The highest BCUT2D eigenvalue weighted by Gasteiger charge is 2.64. The van der Waals surface area contributed by atoms with E-state index in [-0.39, 0.29) is 29.3 Å². The molecule has 3 atom stereocenters. The highest BCUT2D eigenvalue weighted by Crippen LogP contribution is 2.52. The fraction of sp³-hybridized carbons (Fsp3) is 0.636. The first-order valence-electron chi connectivity index (χ1n) is 10.1. The summed E-state index contributed by atoms with van der Waals surface area (Å²) in [5, 5.41) is 0. The summed E-state index contributed by atoms with van der Waals surface area (Å²) in [6.07, 6.45) is 1.13. The lowest BCUT2D eigenvalue weighted by Gasteiger charge is -2.36. The molecule has 2 aliphatic carbocycles. The molecule has 1 spiro atoms. The molecule has 2 aliphatic rings. The van der Waals surface area contributed by atoms with Crippen LogP contribution in [0.15, 0.2) is 30.3 Å². The normalized spacial score (nSPS) is 27.4. The van der Waals surface area contributed by atoms with Crippen molar-refractivity contribution in [3.05, 3.63) is 35.9 Å². The summed E-state index contributed by atoms with van der Waals surface area (Å²) in [6, 6.07) is 6.83. The fourth-order valence-corrected chi connectivity index (χ4v) is 5.07. The molecular weight excluding hydrogens is 385 g/mol. The average molecular weight is 412 g/mol. The predicted octanol–water partition coefficient (Wildman–Crippen LogP) is 4.95. The van der Waals surface area contributed by atoms with E-state index in [0.717, 1.165) is 45.6 Å². The molecule has 160 valence electrons. The van der Waals surface area contributed by atoms with Crippen molar-refractivity contribution in [2.75, 3.05) is 13.7 Å². The van der Waals surface area contributed by atoms with Crippen molar-refractivity contribution in [3.8, 4) is 0 Å². The van der Waals surface area contributed by atoms with Gasteiger partial charge in [-0.1, -0.05) is 43.2 Å². The number of Topliss-reactive ketones (excluding diaryl/α,β-unsaturated/α-hetero) is 1.